The molecular formula is C27H44O5. The quantitative estimate of drug-likeness (QED) is 0.459. The Kier molecular flexibility index (Phi) is 11.1. The van der Waals surface area contributed by atoms with Crippen LogP contribution in [0.15, 0.2) is 23.8 Å². The molecule has 0 aromatic heterocycles. The SMILES string of the molecule is C.C#C.CC.CC(=O)O.CC1CC2C3CCC4=CC(=O)C=CC4(C)C3C(O)CC2(C)[C@@H]1O. The van der Waals surface area contributed by atoms with Gasteiger partial charge in [0.2, 0.25) is 0 Å². The van der Waals surface area contributed by atoms with Gasteiger partial charge in [-0.2, -0.15) is 0 Å². The van der Waals surface area contributed by atoms with Crippen LogP contribution in [-0.4, -0.2) is 39.3 Å². The first-order chi connectivity index (χ1) is 14.5. The van der Waals surface area contributed by atoms with Gasteiger partial charge >= 0.3 is 0 Å². The molecule has 0 radical (unpaired) electrons. The van der Waals surface area contributed by atoms with Crippen LogP contribution in [0.4, 0.5) is 0 Å². The van der Waals surface area contributed by atoms with Crippen molar-refractivity contribution in [2.75, 3.05) is 0 Å². The normalized spacial score (nSPS) is 40.6. The Hall–Kier alpha value is -1.90. The number of carbonyl (C=O) groups excluding carboxylic acids is 1. The summed E-state index contributed by atoms with van der Waals surface area (Å²) in [6, 6.07) is 0. The van der Waals surface area contributed by atoms with Crippen LogP contribution in [0, 0.1) is 47.3 Å². The topological polar surface area (TPSA) is 94.8 Å². The molecule has 8 atom stereocenters. The lowest BCUT2D eigenvalue weighted by Gasteiger charge is -2.58. The Bertz CT molecular complexity index is 732. The molecule has 0 aromatic rings. The number of rotatable bonds is 0. The van der Waals surface area contributed by atoms with Crippen LogP contribution in [-0.2, 0) is 9.59 Å². The Morgan fingerprint density at radius 3 is 2.25 bits per heavy atom. The van der Waals surface area contributed by atoms with Gasteiger partial charge in [0.15, 0.2) is 5.78 Å². The number of terminal acetylenes is 1. The van der Waals surface area contributed by atoms with Gasteiger partial charge < -0.3 is 15.3 Å². The minimum Gasteiger partial charge on any atom is -0.481 e. The summed E-state index contributed by atoms with van der Waals surface area (Å²) in [5.74, 6) is 0.635. The lowest BCUT2D eigenvalue weighted by molar-refractivity contribution is -0.134. The summed E-state index contributed by atoms with van der Waals surface area (Å²) in [5, 5.41) is 29.2. The highest BCUT2D eigenvalue weighted by molar-refractivity contribution is 6.01. The van der Waals surface area contributed by atoms with Gasteiger partial charge in [0.1, 0.15) is 0 Å². The van der Waals surface area contributed by atoms with Crippen molar-refractivity contribution >= 4 is 11.8 Å². The number of ketones is 1. The first kappa shape index (κ1) is 30.1. The number of hydrogen-bond donors (Lipinski definition) is 3. The molecule has 0 aromatic carbocycles. The van der Waals surface area contributed by atoms with E-state index < -0.39 is 12.1 Å². The third-order valence-electron chi connectivity index (χ3n) is 7.77. The number of aliphatic hydroxyl groups excluding tert-OH is 2. The molecule has 182 valence electrons. The molecule has 0 heterocycles. The van der Waals surface area contributed by atoms with Crippen molar-refractivity contribution in [2.45, 2.75) is 86.9 Å². The van der Waals surface area contributed by atoms with Crippen LogP contribution in [0.5, 0.6) is 0 Å². The first-order valence-corrected chi connectivity index (χ1v) is 11.3. The fourth-order valence-corrected chi connectivity index (χ4v) is 6.67. The summed E-state index contributed by atoms with van der Waals surface area (Å²) in [4.78, 5) is 20.8. The number of hydrogen-bond acceptors (Lipinski definition) is 4. The van der Waals surface area contributed by atoms with Crippen molar-refractivity contribution < 1.29 is 24.9 Å². The molecule has 7 unspecified atom stereocenters. The largest absolute Gasteiger partial charge is 0.481 e. The maximum absolute atomic E-state index is 11.8. The van der Waals surface area contributed by atoms with Gasteiger partial charge in [0.25, 0.3) is 5.97 Å². The predicted octanol–water partition coefficient (Wildman–Crippen LogP) is 4.87. The number of carboxylic acid groups (broad SMARTS) is 1. The monoisotopic (exact) mass is 448 g/mol. The van der Waals surface area contributed by atoms with E-state index in [2.05, 4.69) is 33.6 Å². The van der Waals surface area contributed by atoms with E-state index in [1.807, 2.05) is 19.9 Å². The van der Waals surface area contributed by atoms with Crippen LogP contribution in [0.25, 0.3) is 0 Å². The number of allylic oxidation sites excluding steroid dienone is 4. The predicted molar refractivity (Wildman–Crippen MR) is 130 cm³/mol. The first-order valence-electron chi connectivity index (χ1n) is 11.3. The summed E-state index contributed by atoms with van der Waals surface area (Å²) >= 11 is 0. The summed E-state index contributed by atoms with van der Waals surface area (Å²) in [5.41, 5.74) is 0.834. The Morgan fingerprint density at radius 1 is 1.19 bits per heavy atom. The fourth-order valence-electron chi connectivity index (χ4n) is 6.67. The fraction of sp³-hybridized carbons (Fsp3) is 0.704. The second-order valence-electron chi connectivity index (χ2n) is 9.48. The Morgan fingerprint density at radius 2 is 1.72 bits per heavy atom. The molecule has 4 aliphatic rings. The highest BCUT2D eigenvalue weighted by atomic mass is 16.4. The highest BCUT2D eigenvalue weighted by Gasteiger charge is 2.62. The van der Waals surface area contributed by atoms with E-state index in [-0.39, 0.29) is 36.1 Å². The highest BCUT2D eigenvalue weighted by Crippen LogP contribution is 2.65. The van der Waals surface area contributed by atoms with Gasteiger partial charge in [-0.15, -0.1) is 12.8 Å². The summed E-state index contributed by atoms with van der Waals surface area (Å²) in [6.45, 7) is 11.6. The van der Waals surface area contributed by atoms with Crippen LogP contribution >= 0.6 is 0 Å². The molecule has 3 fully saturated rings. The Balaban J connectivity index is 0.000000949. The molecule has 0 aliphatic heterocycles. The number of carboxylic acids is 1. The molecule has 5 nitrogen and oxygen atoms in total. The molecule has 3 N–H and O–H groups in total. The molecule has 32 heavy (non-hydrogen) atoms. The molecule has 5 heteroatoms. The van der Waals surface area contributed by atoms with Crippen molar-refractivity contribution in [3.63, 3.8) is 0 Å². The molecule has 0 bridgehead atoms. The zero-order chi connectivity index (χ0) is 24.1. The Labute approximate surface area is 195 Å². The maximum Gasteiger partial charge on any atom is 0.300 e. The van der Waals surface area contributed by atoms with Gasteiger partial charge in [-0.3, -0.25) is 9.59 Å². The summed E-state index contributed by atoms with van der Waals surface area (Å²) in [6.07, 6.45) is 16.5. The third-order valence-corrected chi connectivity index (χ3v) is 7.77. The molecule has 4 rings (SSSR count). The van der Waals surface area contributed by atoms with E-state index in [0.29, 0.717) is 24.2 Å². The van der Waals surface area contributed by atoms with E-state index in [0.717, 1.165) is 26.2 Å². The molecule has 0 spiro atoms. The lowest BCUT2D eigenvalue weighted by atomic mass is 9.47. The van der Waals surface area contributed by atoms with E-state index in [1.54, 1.807) is 12.2 Å². The molecule has 0 saturated heterocycles. The molecule has 4 aliphatic carbocycles. The second kappa shape index (κ2) is 11.8. The van der Waals surface area contributed by atoms with Crippen molar-refractivity contribution in [1.82, 2.24) is 0 Å². The average molecular weight is 449 g/mol. The summed E-state index contributed by atoms with van der Waals surface area (Å²) < 4.78 is 0. The van der Waals surface area contributed by atoms with Gasteiger partial charge in [-0.25, -0.2) is 0 Å². The van der Waals surface area contributed by atoms with Gasteiger partial charge in [0.05, 0.1) is 12.2 Å². The van der Waals surface area contributed by atoms with Crippen molar-refractivity contribution in [3.05, 3.63) is 23.8 Å². The van der Waals surface area contributed by atoms with E-state index in [9.17, 15) is 15.0 Å². The zero-order valence-corrected chi connectivity index (χ0v) is 19.8. The van der Waals surface area contributed by atoms with Crippen molar-refractivity contribution in [2.24, 2.45) is 34.5 Å². The van der Waals surface area contributed by atoms with Gasteiger partial charge in [-0.1, -0.05) is 53.7 Å². The van der Waals surface area contributed by atoms with Gasteiger partial charge in [-0.05, 0) is 61.0 Å². The number of fused-ring (bicyclic) bond motifs is 5. The van der Waals surface area contributed by atoms with Crippen molar-refractivity contribution in [3.8, 4) is 12.8 Å². The average Bonchev–Trinajstić information content (AvgIpc) is 2.94. The number of carbonyl (C=O) groups is 2. The standard InChI is InChI=1S/C20H28O3.C2H4O2.C2H6.C2H2.CH4/c1-11-8-15-14-5-4-12-9-13(21)6-7-19(12,2)17(14)16(22)10-20(15,3)18(11)23;1-2(3)4;2*1-2;/h6-7,9,11,14-18,22-23H,4-5,8,10H2,1-3H3;1H3,(H,3,4);1-2H3;1-2H;1H4/t11?,14?,15?,16?,17?,18-,19?,20?;;;;/m1..../s1. The second-order valence-corrected chi connectivity index (χ2v) is 9.48. The molecule has 0 amide bonds. The minimum atomic E-state index is -0.833. The van der Waals surface area contributed by atoms with Crippen LogP contribution in [0.2, 0.25) is 0 Å². The third kappa shape index (κ3) is 5.35. The van der Waals surface area contributed by atoms with Gasteiger partial charge in [0, 0.05) is 18.3 Å². The molecule has 3 saturated carbocycles. The molecular weight excluding hydrogens is 404 g/mol. The lowest BCUT2D eigenvalue weighted by Crippen LogP contribution is -2.56. The minimum absolute atomic E-state index is 0. The van der Waals surface area contributed by atoms with Crippen LogP contribution in [0.1, 0.15) is 74.7 Å². The van der Waals surface area contributed by atoms with Crippen LogP contribution < -0.4 is 0 Å². The smallest absolute Gasteiger partial charge is 0.300 e. The number of aliphatic carboxylic acids is 1. The van der Waals surface area contributed by atoms with Crippen molar-refractivity contribution in [1.29, 1.82) is 0 Å². The van der Waals surface area contributed by atoms with E-state index in [1.165, 1.54) is 5.57 Å². The zero-order valence-electron chi connectivity index (χ0n) is 19.8. The van der Waals surface area contributed by atoms with E-state index in [4.69, 9.17) is 9.90 Å². The summed E-state index contributed by atoms with van der Waals surface area (Å²) in [7, 11) is 0. The van der Waals surface area contributed by atoms with Crippen LogP contribution in [0.3, 0.4) is 0 Å². The number of aliphatic hydroxyl groups is 2. The maximum atomic E-state index is 11.8. The van der Waals surface area contributed by atoms with E-state index >= 15 is 0 Å².